The van der Waals surface area contributed by atoms with E-state index >= 15 is 0 Å². The largest absolute Gasteiger partial charge is 0.306 e. The first kappa shape index (κ1) is 9.44. The predicted molar refractivity (Wildman–Crippen MR) is 46.2 cm³/mol. The standard InChI is InChI=1S/C7H16BrN/c1-5-7(8)6(2)9(3)4/h6-7H,5H2,1-4H3/t6?,7-/m1/s1. The van der Waals surface area contributed by atoms with Crippen LogP contribution in [0.3, 0.4) is 0 Å². The maximum absolute atomic E-state index is 3.60. The molecule has 0 N–H and O–H groups in total. The summed E-state index contributed by atoms with van der Waals surface area (Å²) in [5.74, 6) is 0. The van der Waals surface area contributed by atoms with Crippen molar-refractivity contribution in [2.75, 3.05) is 14.1 Å². The van der Waals surface area contributed by atoms with Gasteiger partial charge in [-0.05, 0) is 27.4 Å². The topological polar surface area (TPSA) is 3.24 Å². The van der Waals surface area contributed by atoms with Crippen LogP contribution in [0, 0.1) is 0 Å². The fourth-order valence-electron chi connectivity index (χ4n) is 0.665. The van der Waals surface area contributed by atoms with Crippen LogP contribution in [-0.4, -0.2) is 29.9 Å². The Labute approximate surface area is 66.6 Å². The molecular weight excluding hydrogens is 178 g/mol. The van der Waals surface area contributed by atoms with E-state index in [-0.39, 0.29) is 0 Å². The van der Waals surface area contributed by atoms with Crippen molar-refractivity contribution < 1.29 is 0 Å². The lowest BCUT2D eigenvalue weighted by Crippen LogP contribution is -2.32. The van der Waals surface area contributed by atoms with Crippen LogP contribution in [0.4, 0.5) is 0 Å². The molecule has 1 nitrogen and oxygen atoms in total. The zero-order valence-electron chi connectivity index (χ0n) is 6.69. The SMILES string of the molecule is CC[C@@H](Br)C(C)N(C)C. The lowest BCUT2D eigenvalue weighted by atomic mass is 10.2. The Morgan fingerprint density at radius 3 is 2.00 bits per heavy atom. The molecule has 2 atom stereocenters. The minimum absolute atomic E-state index is 0.632. The Hall–Kier alpha value is 0.440. The average molecular weight is 194 g/mol. The second-order valence-electron chi connectivity index (χ2n) is 2.63. The van der Waals surface area contributed by atoms with Gasteiger partial charge in [-0.25, -0.2) is 0 Å². The molecule has 0 heterocycles. The Morgan fingerprint density at radius 1 is 1.44 bits per heavy atom. The van der Waals surface area contributed by atoms with Crippen molar-refractivity contribution in [2.45, 2.75) is 31.1 Å². The molecule has 56 valence electrons. The molecular formula is C7H16BrN. The van der Waals surface area contributed by atoms with Crippen molar-refractivity contribution in [1.82, 2.24) is 4.90 Å². The Kier molecular flexibility index (Phi) is 4.50. The molecule has 0 radical (unpaired) electrons. The Morgan fingerprint density at radius 2 is 1.89 bits per heavy atom. The van der Waals surface area contributed by atoms with E-state index in [1.54, 1.807) is 0 Å². The van der Waals surface area contributed by atoms with Crippen LogP contribution in [0.15, 0.2) is 0 Å². The fourth-order valence-corrected chi connectivity index (χ4v) is 1.14. The molecule has 0 saturated carbocycles. The Balaban J connectivity index is 3.58. The average Bonchev–Trinajstić information content (AvgIpc) is 1.84. The van der Waals surface area contributed by atoms with Crippen molar-refractivity contribution in [3.8, 4) is 0 Å². The zero-order chi connectivity index (χ0) is 7.44. The van der Waals surface area contributed by atoms with Gasteiger partial charge in [0.25, 0.3) is 0 Å². The van der Waals surface area contributed by atoms with Crippen molar-refractivity contribution in [2.24, 2.45) is 0 Å². The summed E-state index contributed by atoms with van der Waals surface area (Å²) in [6, 6.07) is 0.634. The van der Waals surface area contributed by atoms with E-state index in [1.165, 1.54) is 6.42 Å². The van der Waals surface area contributed by atoms with E-state index in [9.17, 15) is 0 Å². The molecule has 0 rings (SSSR count). The highest BCUT2D eigenvalue weighted by atomic mass is 79.9. The van der Waals surface area contributed by atoms with E-state index in [0.29, 0.717) is 10.9 Å². The number of rotatable bonds is 3. The van der Waals surface area contributed by atoms with Gasteiger partial charge in [0.05, 0.1) is 0 Å². The van der Waals surface area contributed by atoms with Gasteiger partial charge in [0.15, 0.2) is 0 Å². The molecule has 0 fully saturated rings. The first-order valence-electron chi connectivity index (χ1n) is 3.40. The summed E-state index contributed by atoms with van der Waals surface area (Å²) < 4.78 is 0. The molecule has 0 aromatic carbocycles. The molecule has 0 aliphatic rings. The molecule has 9 heavy (non-hydrogen) atoms. The minimum Gasteiger partial charge on any atom is -0.306 e. The van der Waals surface area contributed by atoms with Gasteiger partial charge >= 0.3 is 0 Å². The summed E-state index contributed by atoms with van der Waals surface area (Å²) in [5, 5.41) is 0. The fraction of sp³-hybridized carbons (Fsp3) is 1.00. The second-order valence-corrected chi connectivity index (χ2v) is 3.80. The number of alkyl halides is 1. The van der Waals surface area contributed by atoms with Gasteiger partial charge in [-0.3, -0.25) is 0 Å². The van der Waals surface area contributed by atoms with Crippen LogP contribution in [0.25, 0.3) is 0 Å². The van der Waals surface area contributed by atoms with E-state index in [1.807, 2.05) is 0 Å². The molecule has 0 saturated heterocycles. The van der Waals surface area contributed by atoms with Crippen LogP contribution in [0.5, 0.6) is 0 Å². The molecule has 0 spiro atoms. The highest BCUT2D eigenvalue weighted by Crippen LogP contribution is 2.12. The number of nitrogens with zero attached hydrogens (tertiary/aromatic N) is 1. The van der Waals surface area contributed by atoms with Gasteiger partial charge < -0.3 is 4.90 Å². The maximum atomic E-state index is 3.60. The summed E-state index contributed by atoms with van der Waals surface area (Å²) in [6.07, 6.45) is 1.19. The van der Waals surface area contributed by atoms with Gasteiger partial charge in [0, 0.05) is 10.9 Å². The van der Waals surface area contributed by atoms with Crippen LogP contribution in [-0.2, 0) is 0 Å². The van der Waals surface area contributed by atoms with Crippen molar-refractivity contribution in [3.05, 3.63) is 0 Å². The third-order valence-electron chi connectivity index (χ3n) is 1.73. The van der Waals surface area contributed by atoms with E-state index in [0.717, 1.165) is 0 Å². The normalized spacial score (nSPS) is 18.0. The highest BCUT2D eigenvalue weighted by molar-refractivity contribution is 9.09. The van der Waals surface area contributed by atoms with Crippen LogP contribution < -0.4 is 0 Å². The summed E-state index contributed by atoms with van der Waals surface area (Å²) in [7, 11) is 4.21. The second kappa shape index (κ2) is 4.29. The first-order chi connectivity index (χ1) is 4.09. The highest BCUT2D eigenvalue weighted by Gasteiger charge is 2.12. The van der Waals surface area contributed by atoms with Gasteiger partial charge in [-0.1, -0.05) is 22.9 Å². The third kappa shape index (κ3) is 3.21. The summed E-state index contributed by atoms with van der Waals surface area (Å²) in [4.78, 5) is 2.86. The smallest absolute Gasteiger partial charge is 0.0296 e. The van der Waals surface area contributed by atoms with Crippen LogP contribution >= 0.6 is 15.9 Å². The van der Waals surface area contributed by atoms with E-state index in [2.05, 4.69) is 48.8 Å². The lowest BCUT2D eigenvalue weighted by molar-refractivity contribution is 0.306. The maximum Gasteiger partial charge on any atom is 0.0296 e. The number of hydrogen-bond donors (Lipinski definition) is 0. The molecule has 1 unspecified atom stereocenters. The molecule has 2 heteroatoms. The number of hydrogen-bond acceptors (Lipinski definition) is 1. The summed E-state index contributed by atoms with van der Waals surface area (Å²) in [5.41, 5.74) is 0. The molecule has 0 amide bonds. The first-order valence-corrected chi connectivity index (χ1v) is 4.31. The molecule has 0 aromatic rings. The monoisotopic (exact) mass is 193 g/mol. The van der Waals surface area contributed by atoms with E-state index in [4.69, 9.17) is 0 Å². The zero-order valence-corrected chi connectivity index (χ0v) is 8.27. The van der Waals surface area contributed by atoms with Gasteiger partial charge in [0.2, 0.25) is 0 Å². The van der Waals surface area contributed by atoms with Gasteiger partial charge in [-0.15, -0.1) is 0 Å². The van der Waals surface area contributed by atoms with Crippen molar-refractivity contribution in [1.29, 1.82) is 0 Å². The number of halogens is 1. The lowest BCUT2D eigenvalue weighted by Gasteiger charge is -2.23. The minimum atomic E-state index is 0.632. The third-order valence-corrected chi connectivity index (χ3v) is 3.14. The van der Waals surface area contributed by atoms with Crippen molar-refractivity contribution in [3.63, 3.8) is 0 Å². The van der Waals surface area contributed by atoms with Crippen LogP contribution in [0.2, 0.25) is 0 Å². The molecule has 0 bridgehead atoms. The van der Waals surface area contributed by atoms with Crippen molar-refractivity contribution >= 4 is 15.9 Å². The van der Waals surface area contributed by atoms with E-state index < -0.39 is 0 Å². The van der Waals surface area contributed by atoms with Gasteiger partial charge in [-0.2, -0.15) is 0 Å². The van der Waals surface area contributed by atoms with Crippen LogP contribution in [0.1, 0.15) is 20.3 Å². The summed E-state index contributed by atoms with van der Waals surface area (Å²) in [6.45, 7) is 4.42. The molecule has 0 aliphatic carbocycles. The quantitative estimate of drug-likeness (QED) is 0.622. The molecule has 0 aromatic heterocycles. The predicted octanol–water partition coefficient (Wildman–Crippen LogP) is 2.11. The Bertz CT molecular complexity index is 73.3. The summed E-state index contributed by atoms with van der Waals surface area (Å²) >= 11 is 3.60. The molecule has 0 aliphatic heterocycles. The van der Waals surface area contributed by atoms with Gasteiger partial charge in [0.1, 0.15) is 0 Å².